The summed E-state index contributed by atoms with van der Waals surface area (Å²) < 4.78 is 5.88. The summed E-state index contributed by atoms with van der Waals surface area (Å²) in [6.45, 7) is 8.70. The van der Waals surface area contributed by atoms with E-state index in [1.165, 1.54) is 25.8 Å². The van der Waals surface area contributed by atoms with E-state index in [-0.39, 0.29) is 0 Å². The summed E-state index contributed by atoms with van der Waals surface area (Å²) in [6, 6.07) is 7.72. The van der Waals surface area contributed by atoms with Crippen LogP contribution in [0.5, 0.6) is 5.75 Å². The van der Waals surface area contributed by atoms with Crippen molar-refractivity contribution in [1.82, 2.24) is 4.90 Å². The molecule has 2 N–H and O–H groups in total. The number of nitrogens with two attached hydrogens (primary N) is 1. The molecule has 21 heavy (non-hydrogen) atoms. The summed E-state index contributed by atoms with van der Waals surface area (Å²) in [6.07, 6.45) is 3.85. The van der Waals surface area contributed by atoms with Crippen molar-refractivity contribution in [2.45, 2.75) is 33.1 Å². The van der Waals surface area contributed by atoms with Crippen molar-refractivity contribution >= 4 is 17.2 Å². The number of likely N-dealkylation sites (tertiary alicyclic amines) is 1. The van der Waals surface area contributed by atoms with Crippen molar-refractivity contribution in [3.05, 3.63) is 29.8 Å². The molecule has 0 bridgehead atoms. The van der Waals surface area contributed by atoms with Gasteiger partial charge in [0.05, 0.1) is 5.56 Å². The van der Waals surface area contributed by atoms with Crippen molar-refractivity contribution in [1.29, 1.82) is 0 Å². The van der Waals surface area contributed by atoms with Gasteiger partial charge in [-0.15, -0.1) is 0 Å². The molecule has 0 atom stereocenters. The first-order chi connectivity index (χ1) is 9.98. The van der Waals surface area contributed by atoms with Crippen LogP contribution in [0.1, 0.15) is 38.7 Å². The summed E-state index contributed by atoms with van der Waals surface area (Å²) in [7, 11) is 0. The SMILES string of the molecule is CC1(C)CCCN(CCOc2ccccc2C(N)=S)CC1. The van der Waals surface area contributed by atoms with E-state index in [1.807, 2.05) is 24.3 Å². The molecule has 0 spiro atoms. The Morgan fingerprint density at radius 3 is 2.81 bits per heavy atom. The molecule has 0 aromatic heterocycles. The van der Waals surface area contributed by atoms with Crippen molar-refractivity contribution in [2.24, 2.45) is 11.1 Å². The molecular formula is C17H26N2OS. The van der Waals surface area contributed by atoms with E-state index < -0.39 is 0 Å². The van der Waals surface area contributed by atoms with Crippen LogP contribution in [-0.4, -0.2) is 36.1 Å². The smallest absolute Gasteiger partial charge is 0.129 e. The maximum atomic E-state index is 5.88. The Morgan fingerprint density at radius 2 is 2.05 bits per heavy atom. The quantitative estimate of drug-likeness (QED) is 0.848. The third-order valence-electron chi connectivity index (χ3n) is 4.25. The molecule has 1 aliphatic heterocycles. The predicted molar refractivity (Wildman–Crippen MR) is 91.9 cm³/mol. The van der Waals surface area contributed by atoms with Crippen LogP contribution in [0.4, 0.5) is 0 Å². The Bertz CT molecular complexity index is 487. The first-order valence-electron chi connectivity index (χ1n) is 7.72. The number of rotatable bonds is 5. The summed E-state index contributed by atoms with van der Waals surface area (Å²) in [5.74, 6) is 0.792. The van der Waals surface area contributed by atoms with E-state index in [0.717, 1.165) is 24.4 Å². The fourth-order valence-corrected chi connectivity index (χ4v) is 2.95. The summed E-state index contributed by atoms with van der Waals surface area (Å²) in [4.78, 5) is 2.89. The Morgan fingerprint density at radius 1 is 1.29 bits per heavy atom. The molecule has 1 aromatic carbocycles. The highest BCUT2D eigenvalue weighted by Gasteiger charge is 2.22. The number of ether oxygens (including phenoxy) is 1. The normalized spacial score (nSPS) is 19.0. The van der Waals surface area contributed by atoms with Crippen LogP contribution >= 0.6 is 12.2 Å². The van der Waals surface area contributed by atoms with E-state index in [9.17, 15) is 0 Å². The van der Waals surface area contributed by atoms with Crippen LogP contribution in [0.2, 0.25) is 0 Å². The van der Waals surface area contributed by atoms with Gasteiger partial charge >= 0.3 is 0 Å². The van der Waals surface area contributed by atoms with Crippen molar-refractivity contribution in [2.75, 3.05) is 26.2 Å². The number of thiocarbonyl (C=S) groups is 1. The second-order valence-electron chi connectivity index (χ2n) is 6.57. The highest BCUT2D eigenvalue weighted by Crippen LogP contribution is 2.29. The zero-order chi connectivity index (χ0) is 15.3. The molecular weight excluding hydrogens is 280 g/mol. The molecule has 0 saturated carbocycles. The number of para-hydroxylation sites is 1. The molecule has 3 nitrogen and oxygen atoms in total. The van der Waals surface area contributed by atoms with E-state index in [1.54, 1.807) is 0 Å². The second kappa shape index (κ2) is 7.23. The van der Waals surface area contributed by atoms with Crippen LogP contribution < -0.4 is 10.5 Å². The van der Waals surface area contributed by atoms with Gasteiger partial charge in [-0.2, -0.15) is 0 Å². The number of hydrogen-bond acceptors (Lipinski definition) is 3. The Labute approximate surface area is 133 Å². The lowest BCUT2D eigenvalue weighted by Crippen LogP contribution is -2.30. The molecule has 4 heteroatoms. The number of hydrogen-bond donors (Lipinski definition) is 1. The zero-order valence-corrected chi connectivity index (χ0v) is 13.9. The van der Waals surface area contributed by atoms with Gasteiger partial charge in [0, 0.05) is 6.54 Å². The lowest BCUT2D eigenvalue weighted by molar-refractivity contribution is 0.207. The Kier molecular flexibility index (Phi) is 5.59. The number of nitrogens with zero attached hydrogens (tertiary/aromatic N) is 1. The van der Waals surface area contributed by atoms with Gasteiger partial charge in [-0.05, 0) is 49.9 Å². The van der Waals surface area contributed by atoms with Gasteiger partial charge in [0.2, 0.25) is 0 Å². The van der Waals surface area contributed by atoms with Gasteiger partial charge in [0.25, 0.3) is 0 Å². The molecule has 0 unspecified atom stereocenters. The fraction of sp³-hybridized carbons (Fsp3) is 0.588. The summed E-state index contributed by atoms with van der Waals surface area (Å²) in [5, 5.41) is 0. The Balaban J connectivity index is 1.83. The predicted octanol–water partition coefficient (Wildman–Crippen LogP) is 3.21. The fourth-order valence-electron chi connectivity index (χ4n) is 2.78. The molecule has 1 aliphatic rings. The molecule has 2 rings (SSSR count). The van der Waals surface area contributed by atoms with E-state index >= 15 is 0 Å². The minimum Gasteiger partial charge on any atom is -0.492 e. The molecule has 1 saturated heterocycles. The average Bonchev–Trinajstić information content (AvgIpc) is 2.60. The minimum absolute atomic E-state index is 0.391. The molecule has 1 aromatic rings. The summed E-state index contributed by atoms with van der Waals surface area (Å²) >= 11 is 5.06. The molecule has 0 radical (unpaired) electrons. The Hall–Kier alpha value is -1.13. The molecule has 0 amide bonds. The minimum atomic E-state index is 0.391. The van der Waals surface area contributed by atoms with Gasteiger partial charge in [-0.3, -0.25) is 4.90 Å². The molecule has 116 valence electrons. The van der Waals surface area contributed by atoms with Gasteiger partial charge in [-0.25, -0.2) is 0 Å². The lowest BCUT2D eigenvalue weighted by atomic mass is 9.85. The van der Waals surface area contributed by atoms with Crippen molar-refractivity contribution in [3.8, 4) is 5.75 Å². The third kappa shape index (κ3) is 4.97. The highest BCUT2D eigenvalue weighted by atomic mass is 32.1. The monoisotopic (exact) mass is 306 g/mol. The third-order valence-corrected chi connectivity index (χ3v) is 4.47. The number of benzene rings is 1. The summed E-state index contributed by atoms with van der Waals surface area (Å²) in [5.41, 5.74) is 7.02. The van der Waals surface area contributed by atoms with Gasteiger partial charge in [-0.1, -0.05) is 38.2 Å². The molecule has 1 heterocycles. The topological polar surface area (TPSA) is 38.5 Å². The second-order valence-corrected chi connectivity index (χ2v) is 7.01. The highest BCUT2D eigenvalue weighted by molar-refractivity contribution is 7.80. The largest absolute Gasteiger partial charge is 0.492 e. The maximum absolute atomic E-state index is 5.88. The maximum Gasteiger partial charge on any atom is 0.129 e. The van der Waals surface area contributed by atoms with Crippen molar-refractivity contribution in [3.63, 3.8) is 0 Å². The molecule has 0 aliphatic carbocycles. The first kappa shape index (κ1) is 16.2. The van der Waals surface area contributed by atoms with Gasteiger partial charge in [0.1, 0.15) is 17.3 Å². The van der Waals surface area contributed by atoms with E-state index in [2.05, 4.69) is 18.7 Å². The average molecular weight is 306 g/mol. The molecule has 1 fully saturated rings. The van der Waals surface area contributed by atoms with Crippen LogP contribution in [0.25, 0.3) is 0 Å². The lowest BCUT2D eigenvalue weighted by Gasteiger charge is -2.23. The van der Waals surface area contributed by atoms with E-state index in [0.29, 0.717) is 17.0 Å². The van der Waals surface area contributed by atoms with Crippen LogP contribution in [0.15, 0.2) is 24.3 Å². The standard InChI is InChI=1S/C17H26N2OS/c1-17(2)8-5-10-19(11-9-17)12-13-20-15-7-4-3-6-14(15)16(18)21/h3-4,6-7H,5,8-13H2,1-2H3,(H2,18,21). The first-order valence-corrected chi connectivity index (χ1v) is 8.13. The van der Waals surface area contributed by atoms with Gasteiger partial charge < -0.3 is 10.5 Å². The van der Waals surface area contributed by atoms with Crippen LogP contribution in [0, 0.1) is 5.41 Å². The van der Waals surface area contributed by atoms with Crippen LogP contribution in [0.3, 0.4) is 0 Å². The van der Waals surface area contributed by atoms with Crippen molar-refractivity contribution < 1.29 is 4.74 Å². The van der Waals surface area contributed by atoms with Gasteiger partial charge in [0.15, 0.2) is 0 Å². The van der Waals surface area contributed by atoms with E-state index in [4.69, 9.17) is 22.7 Å². The zero-order valence-electron chi connectivity index (χ0n) is 13.1. The van der Waals surface area contributed by atoms with Crippen LogP contribution in [-0.2, 0) is 0 Å².